The van der Waals surface area contributed by atoms with Gasteiger partial charge in [-0.05, 0) is 55.2 Å². The van der Waals surface area contributed by atoms with E-state index in [0.717, 1.165) is 43.1 Å². The molecule has 4 rings (SSSR count). The quantitative estimate of drug-likeness (QED) is 0.630. The second kappa shape index (κ2) is 11.1. The highest BCUT2D eigenvalue weighted by molar-refractivity contribution is 7.92. The highest BCUT2D eigenvalue weighted by Crippen LogP contribution is 2.25. The topological polar surface area (TPSA) is 70.2 Å². The van der Waals surface area contributed by atoms with Crippen LogP contribution < -0.4 is 9.64 Å². The standard InChI is InChI=1S/C26H33N3O4S/c1-33-25-10-8-24(9-11-25)27-15-5-16-28(20-19-27)26(30)23-12-17-29(18-13-23)34(31,32)21-14-22-6-3-2-4-7-22/h2-4,6-11,14,21,23H,5,12-13,15-20H2,1H3/b21-14+. The van der Waals surface area contributed by atoms with Crippen molar-refractivity contribution in [2.45, 2.75) is 19.3 Å². The number of hydrogen-bond donors (Lipinski definition) is 0. The first-order valence-corrected chi connectivity index (χ1v) is 13.4. The fourth-order valence-corrected chi connectivity index (χ4v) is 5.84. The molecule has 7 nitrogen and oxygen atoms in total. The third-order valence-electron chi connectivity index (χ3n) is 6.64. The Bertz CT molecular complexity index is 1080. The number of anilines is 1. The molecular formula is C26H33N3O4S. The van der Waals surface area contributed by atoms with Gasteiger partial charge in [-0.1, -0.05) is 30.3 Å². The second-order valence-electron chi connectivity index (χ2n) is 8.80. The molecule has 8 heteroatoms. The van der Waals surface area contributed by atoms with Crippen molar-refractivity contribution < 1.29 is 17.9 Å². The molecule has 182 valence electrons. The van der Waals surface area contributed by atoms with E-state index in [-0.39, 0.29) is 11.8 Å². The van der Waals surface area contributed by atoms with Crippen LogP contribution in [-0.2, 0) is 14.8 Å². The molecule has 0 spiro atoms. The van der Waals surface area contributed by atoms with Crippen molar-refractivity contribution in [1.82, 2.24) is 9.21 Å². The summed E-state index contributed by atoms with van der Waals surface area (Å²) in [5.74, 6) is 0.879. The molecule has 2 fully saturated rings. The van der Waals surface area contributed by atoms with Crippen molar-refractivity contribution in [3.05, 3.63) is 65.6 Å². The zero-order valence-corrected chi connectivity index (χ0v) is 20.5. The maximum Gasteiger partial charge on any atom is 0.236 e. The molecule has 0 aromatic heterocycles. The van der Waals surface area contributed by atoms with Crippen LogP contribution >= 0.6 is 0 Å². The Morgan fingerprint density at radius 3 is 2.29 bits per heavy atom. The van der Waals surface area contributed by atoms with E-state index in [0.29, 0.717) is 32.5 Å². The number of carbonyl (C=O) groups is 1. The number of nitrogens with zero attached hydrogens (tertiary/aromatic N) is 3. The molecule has 2 aliphatic heterocycles. The van der Waals surface area contributed by atoms with Crippen LogP contribution in [0.25, 0.3) is 6.08 Å². The van der Waals surface area contributed by atoms with Gasteiger partial charge in [-0.3, -0.25) is 4.79 Å². The number of rotatable bonds is 6. The average molecular weight is 484 g/mol. The summed E-state index contributed by atoms with van der Waals surface area (Å²) in [7, 11) is -1.83. The summed E-state index contributed by atoms with van der Waals surface area (Å²) >= 11 is 0. The van der Waals surface area contributed by atoms with Crippen molar-refractivity contribution in [2.24, 2.45) is 5.92 Å². The summed E-state index contributed by atoms with van der Waals surface area (Å²) < 4.78 is 32.2. The van der Waals surface area contributed by atoms with E-state index in [1.165, 1.54) is 9.71 Å². The molecule has 0 N–H and O–H groups in total. The summed E-state index contributed by atoms with van der Waals surface area (Å²) in [5.41, 5.74) is 1.98. The first-order valence-electron chi connectivity index (χ1n) is 11.9. The number of methoxy groups -OCH3 is 1. The summed E-state index contributed by atoms with van der Waals surface area (Å²) in [6.07, 6.45) is 3.67. The summed E-state index contributed by atoms with van der Waals surface area (Å²) in [6, 6.07) is 17.4. The van der Waals surface area contributed by atoms with Gasteiger partial charge in [0, 0.05) is 56.3 Å². The molecular weight excluding hydrogens is 450 g/mol. The van der Waals surface area contributed by atoms with Gasteiger partial charge in [0.2, 0.25) is 15.9 Å². The minimum absolute atomic E-state index is 0.114. The monoisotopic (exact) mass is 483 g/mol. The fourth-order valence-electron chi connectivity index (χ4n) is 4.62. The van der Waals surface area contributed by atoms with Gasteiger partial charge in [-0.2, -0.15) is 4.31 Å². The van der Waals surface area contributed by atoms with E-state index in [1.807, 2.05) is 47.4 Å². The second-order valence-corrected chi connectivity index (χ2v) is 10.6. The van der Waals surface area contributed by atoms with Gasteiger partial charge >= 0.3 is 0 Å². The maximum atomic E-state index is 13.2. The smallest absolute Gasteiger partial charge is 0.236 e. The van der Waals surface area contributed by atoms with Gasteiger partial charge in [0.25, 0.3) is 0 Å². The van der Waals surface area contributed by atoms with E-state index in [2.05, 4.69) is 17.0 Å². The molecule has 0 radical (unpaired) electrons. The van der Waals surface area contributed by atoms with Gasteiger partial charge in [0.15, 0.2) is 0 Å². The predicted molar refractivity (Wildman–Crippen MR) is 135 cm³/mol. The van der Waals surface area contributed by atoms with Crippen molar-refractivity contribution in [2.75, 3.05) is 51.3 Å². The predicted octanol–water partition coefficient (Wildman–Crippen LogP) is 3.45. The molecule has 0 bridgehead atoms. The zero-order chi connectivity index (χ0) is 24.0. The van der Waals surface area contributed by atoms with Crippen LogP contribution in [0, 0.1) is 5.92 Å². The number of hydrogen-bond acceptors (Lipinski definition) is 5. The Morgan fingerprint density at radius 1 is 0.912 bits per heavy atom. The molecule has 2 aromatic rings. The highest BCUT2D eigenvalue weighted by Gasteiger charge is 2.32. The minimum atomic E-state index is -3.49. The molecule has 0 saturated carbocycles. The number of piperidine rings is 1. The number of carbonyl (C=O) groups excluding carboxylic acids is 1. The van der Waals surface area contributed by atoms with Crippen LogP contribution in [0.3, 0.4) is 0 Å². The molecule has 2 aromatic carbocycles. The van der Waals surface area contributed by atoms with E-state index < -0.39 is 10.0 Å². The lowest BCUT2D eigenvalue weighted by Gasteiger charge is -2.33. The van der Waals surface area contributed by atoms with E-state index in [1.54, 1.807) is 13.2 Å². The largest absolute Gasteiger partial charge is 0.497 e. The van der Waals surface area contributed by atoms with Crippen molar-refractivity contribution in [3.63, 3.8) is 0 Å². The molecule has 0 atom stereocenters. The average Bonchev–Trinajstić information content (AvgIpc) is 3.14. The Labute approximate surface area is 202 Å². The Morgan fingerprint density at radius 2 is 1.62 bits per heavy atom. The number of ether oxygens (including phenoxy) is 1. The Kier molecular flexibility index (Phi) is 7.90. The van der Waals surface area contributed by atoms with E-state index >= 15 is 0 Å². The van der Waals surface area contributed by atoms with E-state index in [4.69, 9.17) is 4.74 Å². The Hall–Kier alpha value is -2.84. The third-order valence-corrected chi connectivity index (χ3v) is 8.21. The molecule has 2 aliphatic rings. The lowest BCUT2D eigenvalue weighted by molar-refractivity contribution is -0.136. The molecule has 0 unspecified atom stereocenters. The van der Waals surface area contributed by atoms with Gasteiger partial charge < -0.3 is 14.5 Å². The SMILES string of the molecule is COc1ccc(N2CCCN(C(=O)C3CCN(S(=O)(=O)/C=C/c4ccccc4)CC3)CC2)cc1. The van der Waals surface area contributed by atoms with Crippen LogP contribution in [0.15, 0.2) is 60.0 Å². The summed E-state index contributed by atoms with van der Waals surface area (Å²) in [4.78, 5) is 17.5. The molecule has 1 amide bonds. The van der Waals surface area contributed by atoms with Gasteiger partial charge in [0.1, 0.15) is 5.75 Å². The number of benzene rings is 2. The van der Waals surface area contributed by atoms with Crippen LogP contribution in [0.4, 0.5) is 5.69 Å². The van der Waals surface area contributed by atoms with Crippen LogP contribution in [0.2, 0.25) is 0 Å². The summed E-state index contributed by atoms with van der Waals surface area (Å²) in [5, 5.41) is 1.27. The third kappa shape index (κ3) is 5.98. The van der Waals surface area contributed by atoms with Crippen LogP contribution in [0.5, 0.6) is 5.75 Å². The summed E-state index contributed by atoms with van der Waals surface area (Å²) in [6.45, 7) is 3.87. The molecule has 2 saturated heterocycles. The van der Waals surface area contributed by atoms with Crippen LogP contribution in [-0.4, -0.2) is 69.9 Å². The lowest BCUT2D eigenvalue weighted by Crippen LogP contribution is -2.45. The fraction of sp³-hybridized carbons (Fsp3) is 0.423. The Balaban J connectivity index is 1.29. The maximum absolute atomic E-state index is 13.2. The van der Waals surface area contributed by atoms with Gasteiger partial charge in [-0.15, -0.1) is 0 Å². The minimum Gasteiger partial charge on any atom is -0.497 e. The molecule has 34 heavy (non-hydrogen) atoms. The normalized spacial score (nSPS) is 18.7. The first-order chi connectivity index (χ1) is 16.5. The zero-order valence-electron chi connectivity index (χ0n) is 19.7. The number of sulfonamides is 1. The van der Waals surface area contributed by atoms with Crippen molar-refractivity contribution in [1.29, 1.82) is 0 Å². The van der Waals surface area contributed by atoms with Gasteiger partial charge in [0.05, 0.1) is 7.11 Å². The van der Waals surface area contributed by atoms with Crippen molar-refractivity contribution >= 4 is 27.7 Å². The number of amides is 1. The lowest BCUT2D eigenvalue weighted by atomic mass is 9.96. The van der Waals surface area contributed by atoms with Gasteiger partial charge in [-0.25, -0.2) is 8.42 Å². The highest BCUT2D eigenvalue weighted by atomic mass is 32.2. The molecule has 2 heterocycles. The van der Waals surface area contributed by atoms with E-state index in [9.17, 15) is 13.2 Å². The van der Waals surface area contributed by atoms with Crippen LogP contribution in [0.1, 0.15) is 24.8 Å². The first kappa shape index (κ1) is 24.3. The van der Waals surface area contributed by atoms with Crippen molar-refractivity contribution in [3.8, 4) is 5.75 Å². The molecule has 0 aliphatic carbocycles.